The number of nitrogens with zero attached hydrogens (tertiary/aromatic N) is 5. The average molecular weight is 239 g/mol. The number of hydrogen-bond acceptors (Lipinski definition) is 5. The van der Waals surface area contributed by atoms with Crippen molar-refractivity contribution in [3.05, 3.63) is 0 Å². The number of aliphatic carboxylic acids is 1. The van der Waals surface area contributed by atoms with E-state index in [0.29, 0.717) is 6.54 Å². The van der Waals surface area contributed by atoms with Gasteiger partial charge in [0.25, 0.3) is 5.95 Å². The predicted molar refractivity (Wildman–Crippen MR) is 56.2 cm³/mol. The summed E-state index contributed by atoms with van der Waals surface area (Å²) in [5.41, 5.74) is 0. The van der Waals surface area contributed by atoms with Gasteiger partial charge in [-0.1, -0.05) is 12.0 Å². The molecule has 0 unspecified atom stereocenters. The van der Waals surface area contributed by atoms with Gasteiger partial charge in [0, 0.05) is 13.0 Å². The molecule has 1 fully saturated rings. The zero-order valence-electron chi connectivity index (χ0n) is 9.41. The fourth-order valence-corrected chi connectivity index (χ4v) is 1.70. The number of carboxylic acid groups (broad SMARTS) is 1. The van der Waals surface area contributed by atoms with Crippen molar-refractivity contribution in [2.24, 2.45) is 5.92 Å². The van der Waals surface area contributed by atoms with Crippen molar-refractivity contribution in [3.8, 4) is 0 Å². The minimum absolute atomic E-state index is 0.00233. The number of tetrazole rings is 1. The van der Waals surface area contributed by atoms with E-state index in [1.54, 1.807) is 0 Å². The molecule has 0 radical (unpaired) electrons. The third kappa shape index (κ3) is 2.24. The molecule has 0 bridgehead atoms. The number of carbonyl (C=O) groups is 2. The molecule has 0 aromatic carbocycles. The second-order valence-corrected chi connectivity index (χ2v) is 3.93. The van der Waals surface area contributed by atoms with E-state index in [1.165, 1.54) is 9.70 Å². The largest absolute Gasteiger partial charge is 0.481 e. The molecule has 2 heterocycles. The van der Waals surface area contributed by atoms with Crippen LogP contribution in [0, 0.1) is 5.92 Å². The molecule has 1 N–H and O–H groups in total. The van der Waals surface area contributed by atoms with Crippen LogP contribution in [0.1, 0.15) is 19.8 Å². The van der Waals surface area contributed by atoms with E-state index in [1.807, 2.05) is 6.92 Å². The zero-order chi connectivity index (χ0) is 12.4. The van der Waals surface area contributed by atoms with E-state index < -0.39 is 11.9 Å². The Kier molecular flexibility index (Phi) is 3.03. The number of aromatic nitrogens is 4. The molecule has 1 saturated heterocycles. The molecule has 1 aliphatic rings. The van der Waals surface area contributed by atoms with Crippen LogP contribution in [0.2, 0.25) is 0 Å². The molecule has 0 saturated carbocycles. The van der Waals surface area contributed by atoms with E-state index in [4.69, 9.17) is 5.11 Å². The zero-order valence-corrected chi connectivity index (χ0v) is 9.41. The van der Waals surface area contributed by atoms with E-state index in [0.717, 1.165) is 6.42 Å². The number of aryl methyl sites for hydroxylation is 1. The number of hydrogen-bond donors (Lipinski definition) is 1. The van der Waals surface area contributed by atoms with E-state index in [9.17, 15) is 9.59 Å². The average Bonchev–Trinajstić information content (AvgIpc) is 2.85. The minimum Gasteiger partial charge on any atom is -0.481 e. The summed E-state index contributed by atoms with van der Waals surface area (Å²) in [4.78, 5) is 25.1. The summed E-state index contributed by atoms with van der Waals surface area (Å²) in [5, 5.41) is 20.4. The van der Waals surface area contributed by atoms with Gasteiger partial charge in [0.15, 0.2) is 0 Å². The SMILES string of the molecule is CCCn1nnc(N2C[C@@H](C(=O)O)CC2=O)n1. The fraction of sp³-hybridized carbons (Fsp3) is 0.667. The van der Waals surface area contributed by atoms with Crippen molar-refractivity contribution in [2.45, 2.75) is 26.3 Å². The molecule has 92 valence electrons. The molecule has 1 atom stereocenters. The highest BCUT2D eigenvalue weighted by molar-refractivity contribution is 5.97. The number of carbonyl (C=O) groups excluding carboxylic acids is 1. The Balaban J connectivity index is 2.11. The van der Waals surface area contributed by atoms with Crippen molar-refractivity contribution in [3.63, 3.8) is 0 Å². The summed E-state index contributed by atoms with van der Waals surface area (Å²) in [6, 6.07) is 0. The van der Waals surface area contributed by atoms with E-state index in [-0.39, 0.29) is 24.8 Å². The van der Waals surface area contributed by atoms with Crippen molar-refractivity contribution in [1.29, 1.82) is 0 Å². The van der Waals surface area contributed by atoms with Gasteiger partial charge in [-0.25, -0.2) is 0 Å². The van der Waals surface area contributed by atoms with Crippen LogP contribution in [-0.4, -0.2) is 43.7 Å². The van der Waals surface area contributed by atoms with Crippen LogP contribution in [-0.2, 0) is 16.1 Å². The predicted octanol–water partition coefficient (Wildman–Crippen LogP) is -0.479. The topological polar surface area (TPSA) is 101 Å². The summed E-state index contributed by atoms with van der Waals surface area (Å²) in [6.07, 6.45) is 0.860. The summed E-state index contributed by atoms with van der Waals surface area (Å²) in [7, 11) is 0. The molecule has 8 heteroatoms. The monoisotopic (exact) mass is 239 g/mol. The number of anilines is 1. The first kappa shape index (κ1) is 11.5. The standard InChI is InChI=1S/C9H13N5O3/c1-2-3-14-11-9(10-12-14)13-5-6(8(16)17)4-7(13)15/h6H,2-5H2,1H3,(H,16,17)/t6-/m0/s1. The first-order valence-electron chi connectivity index (χ1n) is 5.42. The summed E-state index contributed by atoms with van der Waals surface area (Å²) in [6.45, 7) is 2.72. The van der Waals surface area contributed by atoms with E-state index >= 15 is 0 Å². The third-order valence-electron chi connectivity index (χ3n) is 2.58. The van der Waals surface area contributed by atoms with E-state index in [2.05, 4.69) is 15.4 Å². The number of amides is 1. The van der Waals surface area contributed by atoms with Gasteiger partial charge < -0.3 is 5.11 Å². The molecule has 1 aromatic heterocycles. The minimum atomic E-state index is -0.971. The van der Waals surface area contributed by atoms with Gasteiger partial charge in [0.2, 0.25) is 5.91 Å². The van der Waals surface area contributed by atoms with Gasteiger partial charge in [-0.15, -0.1) is 5.10 Å². The van der Waals surface area contributed by atoms with Gasteiger partial charge in [-0.2, -0.15) is 4.80 Å². The Bertz CT molecular complexity index is 444. The highest BCUT2D eigenvalue weighted by Crippen LogP contribution is 2.21. The Hall–Kier alpha value is -1.99. The smallest absolute Gasteiger partial charge is 0.308 e. The lowest BCUT2D eigenvalue weighted by Crippen LogP contribution is -2.27. The molecular weight excluding hydrogens is 226 g/mol. The van der Waals surface area contributed by atoms with Gasteiger partial charge in [0.05, 0.1) is 12.5 Å². The first-order chi connectivity index (χ1) is 8.11. The second-order valence-electron chi connectivity index (χ2n) is 3.93. The van der Waals surface area contributed by atoms with Gasteiger partial charge >= 0.3 is 5.97 Å². The third-order valence-corrected chi connectivity index (χ3v) is 2.58. The van der Waals surface area contributed by atoms with Crippen LogP contribution in [0.3, 0.4) is 0 Å². The molecule has 2 rings (SSSR count). The van der Waals surface area contributed by atoms with Crippen LogP contribution >= 0.6 is 0 Å². The molecule has 17 heavy (non-hydrogen) atoms. The van der Waals surface area contributed by atoms with Crippen LogP contribution in [0.4, 0.5) is 5.95 Å². The maximum Gasteiger partial charge on any atom is 0.308 e. The Morgan fingerprint density at radius 3 is 2.94 bits per heavy atom. The normalized spacial score (nSPS) is 19.9. The van der Waals surface area contributed by atoms with Crippen molar-refractivity contribution in [2.75, 3.05) is 11.4 Å². The molecule has 0 spiro atoms. The first-order valence-corrected chi connectivity index (χ1v) is 5.42. The van der Waals surface area contributed by atoms with Gasteiger partial charge in [-0.3, -0.25) is 14.5 Å². The molecule has 0 aliphatic carbocycles. The van der Waals surface area contributed by atoms with Crippen LogP contribution in [0.25, 0.3) is 0 Å². The highest BCUT2D eigenvalue weighted by Gasteiger charge is 2.37. The number of rotatable bonds is 4. The summed E-state index contributed by atoms with van der Waals surface area (Å²) in [5.74, 6) is -1.73. The molecule has 1 aromatic rings. The Morgan fingerprint density at radius 2 is 2.35 bits per heavy atom. The molecule has 1 aliphatic heterocycles. The lowest BCUT2D eigenvalue weighted by Gasteiger charge is -2.09. The van der Waals surface area contributed by atoms with Crippen molar-refractivity contribution in [1.82, 2.24) is 20.2 Å². The maximum atomic E-state index is 11.6. The second kappa shape index (κ2) is 4.48. The van der Waals surface area contributed by atoms with Crippen molar-refractivity contribution < 1.29 is 14.7 Å². The van der Waals surface area contributed by atoms with Crippen LogP contribution < -0.4 is 4.90 Å². The Labute approximate surface area is 97.2 Å². The lowest BCUT2D eigenvalue weighted by atomic mass is 10.1. The molecular formula is C9H13N5O3. The molecule has 1 amide bonds. The summed E-state index contributed by atoms with van der Waals surface area (Å²) < 4.78 is 0. The lowest BCUT2D eigenvalue weighted by molar-refractivity contribution is -0.141. The fourth-order valence-electron chi connectivity index (χ4n) is 1.70. The highest BCUT2D eigenvalue weighted by atomic mass is 16.4. The van der Waals surface area contributed by atoms with Gasteiger partial charge in [0.1, 0.15) is 0 Å². The van der Waals surface area contributed by atoms with Gasteiger partial charge in [-0.05, 0) is 11.6 Å². The summed E-state index contributed by atoms with van der Waals surface area (Å²) >= 11 is 0. The van der Waals surface area contributed by atoms with Crippen molar-refractivity contribution >= 4 is 17.8 Å². The van der Waals surface area contributed by atoms with Crippen LogP contribution in [0.15, 0.2) is 0 Å². The molecule has 8 nitrogen and oxygen atoms in total. The Morgan fingerprint density at radius 1 is 1.59 bits per heavy atom. The van der Waals surface area contributed by atoms with Crippen LogP contribution in [0.5, 0.6) is 0 Å². The maximum absolute atomic E-state index is 11.6. The number of carboxylic acids is 1. The quantitative estimate of drug-likeness (QED) is 0.761.